The molecule has 0 aromatic heterocycles. The molecule has 1 aliphatic carbocycles. The van der Waals surface area contributed by atoms with Crippen LogP contribution >= 0.6 is 0 Å². The molecule has 0 aromatic rings. The third-order valence-corrected chi connectivity index (χ3v) is 1.87. The number of hydrogen-bond donors (Lipinski definition) is 0. The van der Waals surface area contributed by atoms with E-state index in [9.17, 15) is 4.79 Å². The van der Waals surface area contributed by atoms with Gasteiger partial charge in [-0.05, 0) is 19.4 Å². The zero-order valence-corrected chi connectivity index (χ0v) is 7.95. The van der Waals surface area contributed by atoms with Gasteiger partial charge in [0.05, 0.1) is 18.3 Å². The van der Waals surface area contributed by atoms with Crippen LogP contribution in [0, 0.1) is 0 Å². The van der Waals surface area contributed by atoms with Gasteiger partial charge in [-0.1, -0.05) is 12.2 Å². The maximum Gasteiger partial charge on any atom is 0.337 e. The summed E-state index contributed by atoms with van der Waals surface area (Å²) in [6.45, 7) is 2.21. The van der Waals surface area contributed by atoms with Crippen LogP contribution in [0.25, 0.3) is 0 Å². The van der Waals surface area contributed by atoms with Crippen molar-refractivity contribution in [3.8, 4) is 0 Å². The molecule has 0 aromatic carbocycles. The van der Waals surface area contributed by atoms with Crippen molar-refractivity contribution in [3.05, 3.63) is 23.8 Å². The maximum absolute atomic E-state index is 11.2. The molecule has 1 atom stereocenters. The van der Waals surface area contributed by atoms with Gasteiger partial charge in [-0.15, -0.1) is 0 Å². The fourth-order valence-electron chi connectivity index (χ4n) is 1.14. The fraction of sp³-hybridized carbons (Fsp3) is 0.500. The Hall–Kier alpha value is -1.09. The smallest absolute Gasteiger partial charge is 0.337 e. The van der Waals surface area contributed by atoms with Crippen LogP contribution in [0.4, 0.5) is 0 Å². The molecule has 72 valence electrons. The highest BCUT2D eigenvalue weighted by Gasteiger charge is 2.13. The van der Waals surface area contributed by atoms with Crippen LogP contribution in [-0.2, 0) is 14.3 Å². The van der Waals surface area contributed by atoms with Crippen LogP contribution < -0.4 is 0 Å². The summed E-state index contributed by atoms with van der Waals surface area (Å²) < 4.78 is 9.95. The lowest BCUT2D eigenvalue weighted by molar-refractivity contribution is -0.138. The van der Waals surface area contributed by atoms with Crippen molar-refractivity contribution in [2.24, 2.45) is 0 Å². The van der Waals surface area contributed by atoms with Crippen molar-refractivity contribution in [3.63, 3.8) is 0 Å². The summed E-state index contributed by atoms with van der Waals surface area (Å²) in [4.78, 5) is 11.2. The number of hydrogen-bond acceptors (Lipinski definition) is 3. The van der Waals surface area contributed by atoms with E-state index < -0.39 is 0 Å². The van der Waals surface area contributed by atoms with Crippen molar-refractivity contribution in [1.82, 2.24) is 0 Å². The zero-order chi connectivity index (χ0) is 9.68. The second kappa shape index (κ2) is 4.82. The van der Waals surface area contributed by atoms with E-state index in [-0.39, 0.29) is 12.1 Å². The molecule has 0 amide bonds. The molecule has 0 saturated heterocycles. The molecular formula is C10H14O3. The van der Waals surface area contributed by atoms with Gasteiger partial charge >= 0.3 is 5.97 Å². The number of carbonyl (C=O) groups is 1. The minimum Gasteiger partial charge on any atom is -0.462 e. The van der Waals surface area contributed by atoms with Crippen LogP contribution in [0.3, 0.4) is 0 Å². The Kier molecular flexibility index (Phi) is 3.71. The summed E-state index contributed by atoms with van der Waals surface area (Å²) in [6.07, 6.45) is 6.29. The topological polar surface area (TPSA) is 35.5 Å². The van der Waals surface area contributed by atoms with Crippen molar-refractivity contribution < 1.29 is 14.3 Å². The molecule has 0 spiro atoms. The summed E-state index contributed by atoms with van der Waals surface area (Å²) >= 11 is 0. The molecule has 0 bridgehead atoms. The lowest BCUT2D eigenvalue weighted by Gasteiger charge is -2.13. The summed E-state index contributed by atoms with van der Waals surface area (Å²) in [7, 11) is 1.65. The highest BCUT2D eigenvalue weighted by atomic mass is 16.5. The number of rotatable bonds is 3. The lowest BCUT2D eigenvalue weighted by Crippen LogP contribution is -2.13. The van der Waals surface area contributed by atoms with Gasteiger partial charge < -0.3 is 9.47 Å². The van der Waals surface area contributed by atoms with Gasteiger partial charge in [-0.2, -0.15) is 0 Å². The molecule has 1 rings (SSSR count). The molecule has 0 fully saturated rings. The highest BCUT2D eigenvalue weighted by molar-refractivity contribution is 5.91. The van der Waals surface area contributed by atoms with Gasteiger partial charge in [-0.25, -0.2) is 4.79 Å². The molecule has 0 N–H and O–H groups in total. The molecule has 0 radical (unpaired) electrons. The average molecular weight is 182 g/mol. The number of ether oxygens (including phenoxy) is 2. The monoisotopic (exact) mass is 182 g/mol. The molecule has 0 aliphatic heterocycles. The van der Waals surface area contributed by atoms with Crippen LogP contribution in [0.15, 0.2) is 23.8 Å². The highest BCUT2D eigenvalue weighted by Crippen LogP contribution is 2.13. The van der Waals surface area contributed by atoms with E-state index in [4.69, 9.17) is 9.47 Å². The maximum atomic E-state index is 11.2. The van der Waals surface area contributed by atoms with E-state index in [1.54, 1.807) is 20.1 Å². The summed E-state index contributed by atoms with van der Waals surface area (Å²) in [6, 6.07) is 0. The van der Waals surface area contributed by atoms with Gasteiger partial charge in [0.25, 0.3) is 0 Å². The van der Waals surface area contributed by atoms with Gasteiger partial charge in [0.2, 0.25) is 0 Å². The van der Waals surface area contributed by atoms with E-state index in [1.165, 1.54) is 0 Å². The lowest BCUT2D eigenvalue weighted by atomic mass is 10.1. The normalized spacial score (nSPS) is 21.1. The molecule has 0 saturated carbocycles. The first kappa shape index (κ1) is 9.99. The van der Waals surface area contributed by atoms with E-state index in [0.29, 0.717) is 12.2 Å². The molecule has 1 aliphatic rings. The zero-order valence-electron chi connectivity index (χ0n) is 7.95. The van der Waals surface area contributed by atoms with Crippen LogP contribution in [0.5, 0.6) is 0 Å². The summed E-state index contributed by atoms with van der Waals surface area (Å²) in [5.41, 5.74) is 0.621. The predicted molar refractivity (Wildman–Crippen MR) is 49.3 cm³/mol. The van der Waals surface area contributed by atoms with Crippen LogP contribution in [0.2, 0.25) is 0 Å². The Morgan fingerprint density at radius 2 is 2.46 bits per heavy atom. The number of methoxy groups -OCH3 is 1. The minimum absolute atomic E-state index is 0.0955. The van der Waals surface area contributed by atoms with Crippen molar-refractivity contribution in [2.45, 2.75) is 19.4 Å². The van der Waals surface area contributed by atoms with Crippen LogP contribution in [0.1, 0.15) is 13.3 Å². The largest absolute Gasteiger partial charge is 0.462 e. The van der Waals surface area contributed by atoms with Crippen molar-refractivity contribution >= 4 is 5.97 Å². The first-order chi connectivity index (χ1) is 6.27. The quantitative estimate of drug-likeness (QED) is 0.620. The van der Waals surface area contributed by atoms with Gasteiger partial charge in [0.15, 0.2) is 0 Å². The van der Waals surface area contributed by atoms with Crippen LogP contribution in [-0.4, -0.2) is 25.8 Å². The molecule has 0 heterocycles. The molecule has 13 heavy (non-hydrogen) atoms. The molecule has 3 heteroatoms. The van der Waals surface area contributed by atoms with Gasteiger partial charge in [0.1, 0.15) is 0 Å². The Labute approximate surface area is 78.0 Å². The third-order valence-electron chi connectivity index (χ3n) is 1.87. The van der Waals surface area contributed by atoms with E-state index in [2.05, 4.69) is 0 Å². The third kappa shape index (κ3) is 2.70. The predicted octanol–water partition coefficient (Wildman–Crippen LogP) is 1.45. The molecule has 3 nitrogen and oxygen atoms in total. The molecule has 1 unspecified atom stereocenters. The second-order valence-corrected chi connectivity index (χ2v) is 2.75. The summed E-state index contributed by atoms with van der Waals surface area (Å²) in [5, 5.41) is 0. The minimum atomic E-state index is -0.256. The first-order valence-corrected chi connectivity index (χ1v) is 4.36. The van der Waals surface area contributed by atoms with E-state index >= 15 is 0 Å². The first-order valence-electron chi connectivity index (χ1n) is 4.36. The Balaban J connectivity index is 2.51. The Morgan fingerprint density at radius 1 is 1.69 bits per heavy atom. The average Bonchev–Trinajstić information content (AvgIpc) is 2.18. The van der Waals surface area contributed by atoms with Gasteiger partial charge in [0, 0.05) is 7.11 Å². The Bertz CT molecular complexity index is 241. The van der Waals surface area contributed by atoms with E-state index in [0.717, 1.165) is 6.42 Å². The number of carbonyl (C=O) groups excluding carboxylic acids is 1. The SMILES string of the molecule is CCOC(=O)C1=CCC(OC)C=C1. The van der Waals surface area contributed by atoms with Crippen molar-refractivity contribution in [2.75, 3.05) is 13.7 Å². The standard InChI is InChI=1S/C10H14O3/c1-3-13-10(11)8-4-6-9(12-2)7-5-8/h4-6,9H,3,7H2,1-2H3. The fourth-order valence-corrected chi connectivity index (χ4v) is 1.14. The Morgan fingerprint density at radius 3 is 2.92 bits per heavy atom. The summed E-state index contributed by atoms with van der Waals surface area (Å²) in [5.74, 6) is -0.256. The molecular weight excluding hydrogens is 168 g/mol. The van der Waals surface area contributed by atoms with E-state index in [1.807, 2.05) is 12.2 Å². The van der Waals surface area contributed by atoms with Crippen molar-refractivity contribution in [1.29, 1.82) is 0 Å². The number of esters is 1. The van der Waals surface area contributed by atoms with Gasteiger partial charge in [-0.3, -0.25) is 0 Å². The second-order valence-electron chi connectivity index (χ2n) is 2.75.